The highest BCUT2D eigenvalue weighted by Gasteiger charge is 2.67. The zero-order valence-corrected chi connectivity index (χ0v) is 15.8. The van der Waals surface area contributed by atoms with Crippen molar-refractivity contribution in [1.29, 1.82) is 0 Å². The summed E-state index contributed by atoms with van der Waals surface area (Å²) in [5, 5.41) is -4.55. The van der Waals surface area contributed by atoms with Gasteiger partial charge < -0.3 is 14.2 Å². The fourth-order valence-electron chi connectivity index (χ4n) is 5.78. The van der Waals surface area contributed by atoms with Gasteiger partial charge in [0.1, 0.15) is 0 Å². The number of carbonyl (C=O) groups excluding carboxylic acids is 1. The van der Waals surface area contributed by atoms with Gasteiger partial charge in [-0.3, -0.25) is 9.35 Å². The van der Waals surface area contributed by atoms with Crippen LogP contribution in [-0.4, -0.2) is 49.3 Å². The average Bonchev–Trinajstić information content (AvgIpc) is 2.59. The first-order chi connectivity index (χ1) is 12.5. The average molecular weight is 410 g/mol. The van der Waals surface area contributed by atoms with Gasteiger partial charge in [0.2, 0.25) is 0 Å². The van der Waals surface area contributed by atoms with Gasteiger partial charge in [0.25, 0.3) is 0 Å². The summed E-state index contributed by atoms with van der Waals surface area (Å²) in [6.07, 6.45) is 1.65. The molecule has 27 heavy (non-hydrogen) atoms. The molecule has 0 amide bonds. The number of alkyl halides is 2. The lowest BCUT2D eigenvalue weighted by Gasteiger charge is -2.63. The molecule has 1 N–H and O–H groups in total. The topological polar surface area (TPSA) is 99.1 Å². The fraction of sp³-hybridized carbons (Fsp3) is 0.941. The summed E-state index contributed by atoms with van der Waals surface area (Å²) in [7, 11) is -5.68. The third-order valence-electron chi connectivity index (χ3n) is 6.81. The Morgan fingerprint density at radius 1 is 1.19 bits per heavy atom. The van der Waals surface area contributed by atoms with Crippen LogP contribution in [0.1, 0.15) is 45.4 Å². The van der Waals surface area contributed by atoms with Gasteiger partial charge in [-0.05, 0) is 51.4 Å². The molecule has 1 heterocycles. The van der Waals surface area contributed by atoms with Crippen molar-refractivity contribution in [1.82, 2.24) is 0 Å². The maximum atomic E-state index is 13.8. The number of esters is 1. The smallest absolute Gasteiger partial charge is 0.405 e. The number of rotatable bonds is 4. The zero-order chi connectivity index (χ0) is 19.7. The number of carbonyl (C=O) groups is 1. The van der Waals surface area contributed by atoms with Gasteiger partial charge in [-0.1, -0.05) is 0 Å². The van der Waals surface area contributed by atoms with E-state index in [1.807, 2.05) is 0 Å². The lowest BCUT2D eigenvalue weighted by molar-refractivity contribution is -0.365. The number of hydrogen-bond donors (Lipinski definition) is 1. The summed E-state index contributed by atoms with van der Waals surface area (Å²) in [6, 6.07) is 0. The van der Waals surface area contributed by atoms with Crippen LogP contribution in [0.2, 0.25) is 0 Å². The molecule has 5 fully saturated rings. The first kappa shape index (κ1) is 19.5. The molecule has 3 unspecified atom stereocenters. The van der Waals surface area contributed by atoms with Crippen LogP contribution >= 0.6 is 0 Å². The monoisotopic (exact) mass is 410 g/mol. The Labute approximate surface area is 156 Å². The number of halogens is 2. The lowest BCUT2D eigenvalue weighted by Crippen LogP contribution is -2.66. The summed E-state index contributed by atoms with van der Waals surface area (Å²) in [6.45, 7) is 1.99. The molecule has 0 aromatic carbocycles. The highest BCUT2D eigenvalue weighted by molar-refractivity contribution is 7.86. The van der Waals surface area contributed by atoms with Gasteiger partial charge in [-0.2, -0.15) is 17.2 Å². The highest BCUT2D eigenvalue weighted by Crippen LogP contribution is 2.65. The minimum absolute atomic E-state index is 0.00556. The molecule has 154 valence electrons. The fourth-order valence-corrected chi connectivity index (χ4v) is 6.24. The van der Waals surface area contributed by atoms with Crippen molar-refractivity contribution >= 4 is 16.1 Å². The van der Waals surface area contributed by atoms with Crippen molar-refractivity contribution in [2.75, 3.05) is 13.2 Å². The molecule has 4 bridgehead atoms. The predicted molar refractivity (Wildman–Crippen MR) is 87.3 cm³/mol. The van der Waals surface area contributed by atoms with Gasteiger partial charge in [0, 0.05) is 11.8 Å². The third kappa shape index (κ3) is 2.82. The Morgan fingerprint density at radius 2 is 1.74 bits per heavy atom. The first-order valence-electron chi connectivity index (χ1n) is 9.34. The lowest BCUT2D eigenvalue weighted by atomic mass is 9.47. The van der Waals surface area contributed by atoms with E-state index in [1.165, 1.54) is 0 Å². The predicted octanol–water partition coefficient (Wildman–Crippen LogP) is 2.36. The summed E-state index contributed by atoms with van der Waals surface area (Å²) >= 11 is 0. The van der Waals surface area contributed by atoms with Crippen molar-refractivity contribution in [3.63, 3.8) is 0 Å². The Morgan fingerprint density at radius 3 is 2.26 bits per heavy atom. The van der Waals surface area contributed by atoms with E-state index in [1.54, 1.807) is 0 Å². The van der Waals surface area contributed by atoms with Crippen molar-refractivity contribution in [3.8, 4) is 0 Å². The molecule has 3 atom stereocenters. The van der Waals surface area contributed by atoms with E-state index in [2.05, 4.69) is 0 Å². The van der Waals surface area contributed by atoms with Crippen LogP contribution in [0.15, 0.2) is 0 Å². The molecular weight excluding hydrogens is 386 g/mol. The van der Waals surface area contributed by atoms with Gasteiger partial charge >= 0.3 is 21.3 Å². The van der Waals surface area contributed by atoms with Crippen molar-refractivity contribution in [2.45, 2.75) is 62.6 Å². The van der Waals surface area contributed by atoms with Crippen LogP contribution in [-0.2, 0) is 29.1 Å². The molecule has 1 spiro atoms. The van der Waals surface area contributed by atoms with Crippen LogP contribution in [0.25, 0.3) is 0 Å². The second-order valence-electron chi connectivity index (χ2n) is 8.48. The standard InChI is InChI=1S/C17H24F2O7S/c1-10(17(18,19)27(21,22)23)26-14(20)15-7-11-5-12(8-15)16(13(6-11)9-15)24-3-2-4-25-16/h10-13H,2-9H2,1H3,(H,21,22,23). The molecule has 1 saturated heterocycles. The van der Waals surface area contributed by atoms with Crippen molar-refractivity contribution < 1.29 is 40.8 Å². The van der Waals surface area contributed by atoms with Crippen LogP contribution < -0.4 is 0 Å². The summed E-state index contributed by atoms with van der Waals surface area (Å²) in [5.74, 6) is -1.25. The summed E-state index contributed by atoms with van der Waals surface area (Å²) in [4.78, 5) is 12.8. The van der Waals surface area contributed by atoms with E-state index in [-0.39, 0.29) is 17.8 Å². The third-order valence-corrected chi connectivity index (χ3v) is 7.83. The van der Waals surface area contributed by atoms with Crippen molar-refractivity contribution in [3.05, 3.63) is 0 Å². The molecule has 10 heteroatoms. The molecule has 0 radical (unpaired) electrons. The van der Waals surface area contributed by atoms with E-state index in [9.17, 15) is 22.0 Å². The van der Waals surface area contributed by atoms with E-state index in [0.29, 0.717) is 32.5 Å². The molecule has 4 aliphatic carbocycles. The van der Waals surface area contributed by atoms with E-state index in [0.717, 1.165) is 26.2 Å². The van der Waals surface area contributed by atoms with Crippen LogP contribution in [0.4, 0.5) is 8.78 Å². The molecule has 4 saturated carbocycles. The molecular formula is C17H24F2O7S. The van der Waals surface area contributed by atoms with E-state index < -0.39 is 38.6 Å². The Hall–Kier alpha value is -0.840. The SMILES string of the molecule is CC(OC(=O)C12CC3CC(C1)C1(OCCCO1)C(C3)C2)C(F)(F)S(=O)(=O)O. The number of ether oxygens (including phenoxy) is 3. The minimum Gasteiger partial charge on any atom is -0.454 e. The normalized spacial score (nSPS) is 38.7. The quantitative estimate of drug-likeness (QED) is 0.561. The van der Waals surface area contributed by atoms with Gasteiger partial charge in [-0.15, -0.1) is 0 Å². The van der Waals surface area contributed by atoms with E-state index in [4.69, 9.17) is 18.8 Å². The largest absolute Gasteiger partial charge is 0.454 e. The van der Waals surface area contributed by atoms with Gasteiger partial charge in [-0.25, -0.2) is 0 Å². The number of hydrogen-bond acceptors (Lipinski definition) is 6. The Balaban J connectivity index is 1.54. The highest BCUT2D eigenvalue weighted by atomic mass is 32.2. The van der Waals surface area contributed by atoms with Crippen LogP contribution in [0, 0.1) is 23.2 Å². The molecule has 5 rings (SSSR count). The van der Waals surface area contributed by atoms with Gasteiger partial charge in [0.15, 0.2) is 11.9 Å². The Kier molecular flexibility index (Phi) is 4.38. The molecule has 1 aliphatic heterocycles. The van der Waals surface area contributed by atoms with Crippen LogP contribution in [0.5, 0.6) is 0 Å². The van der Waals surface area contributed by atoms with E-state index >= 15 is 0 Å². The maximum Gasteiger partial charge on any atom is 0.405 e. The second kappa shape index (κ2) is 6.08. The Bertz CT molecular complexity index is 714. The first-order valence-corrected chi connectivity index (χ1v) is 10.8. The zero-order valence-electron chi connectivity index (χ0n) is 15.0. The summed E-state index contributed by atoms with van der Waals surface area (Å²) in [5.41, 5.74) is -0.921. The maximum absolute atomic E-state index is 13.8. The van der Waals surface area contributed by atoms with Crippen LogP contribution in [0.3, 0.4) is 0 Å². The molecule has 5 aliphatic rings. The molecule has 0 aromatic heterocycles. The molecule has 0 aromatic rings. The molecule has 7 nitrogen and oxygen atoms in total. The van der Waals surface area contributed by atoms with Gasteiger partial charge in [0.05, 0.1) is 18.6 Å². The summed E-state index contributed by atoms with van der Waals surface area (Å²) < 4.78 is 75.1. The minimum atomic E-state index is -5.68. The second-order valence-corrected chi connectivity index (χ2v) is 9.97. The van der Waals surface area contributed by atoms with Crippen molar-refractivity contribution in [2.24, 2.45) is 23.2 Å².